The van der Waals surface area contributed by atoms with E-state index in [1.807, 2.05) is 12.1 Å². The lowest BCUT2D eigenvalue weighted by molar-refractivity contribution is -0.126. The standard InChI is InChI=1S/C18H18N6O/c19-9-13-2-1-3-14(8-13)15-10-21-18(22-11-15)24-7-6-23-5-4-20-12-16(23)17(24)25/h1-3,8,10-11,16,20H,4-7,12H2/t16-/m0/s1. The quantitative estimate of drug-likeness (QED) is 0.867. The number of nitriles is 1. The Labute approximate surface area is 145 Å². The van der Waals surface area contributed by atoms with E-state index in [1.165, 1.54) is 0 Å². The molecule has 0 radical (unpaired) electrons. The van der Waals surface area contributed by atoms with Crippen LogP contribution in [0.5, 0.6) is 0 Å². The van der Waals surface area contributed by atoms with Crippen LogP contribution in [0.15, 0.2) is 36.7 Å². The molecule has 0 aliphatic carbocycles. The lowest BCUT2D eigenvalue weighted by atomic mass is 10.1. The summed E-state index contributed by atoms with van der Waals surface area (Å²) in [5, 5.41) is 12.3. The second-order valence-corrected chi connectivity index (χ2v) is 6.21. The van der Waals surface area contributed by atoms with Crippen LogP contribution in [0.1, 0.15) is 5.56 Å². The molecule has 1 N–H and O–H groups in total. The van der Waals surface area contributed by atoms with Crippen LogP contribution in [0, 0.1) is 11.3 Å². The van der Waals surface area contributed by atoms with Gasteiger partial charge in [-0.05, 0) is 17.7 Å². The number of hydrogen-bond acceptors (Lipinski definition) is 6. The van der Waals surface area contributed by atoms with Gasteiger partial charge >= 0.3 is 0 Å². The molecule has 1 aromatic heterocycles. The zero-order valence-electron chi connectivity index (χ0n) is 13.7. The molecule has 2 aliphatic rings. The Balaban J connectivity index is 1.56. The third kappa shape index (κ3) is 2.97. The molecule has 3 heterocycles. The fraction of sp³-hybridized carbons (Fsp3) is 0.333. The third-order valence-electron chi connectivity index (χ3n) is 4.72. The summed E-state index contributed by atoms with van der Waals surface area (Å²) in [6, 6.07) is 9.31. The minimum absolute atomic E-state index is 0.0534. The number of anilines is 1. The SMILES string of the molecule is N#Cc1cccc(-c2cnc(N3CCN4CCNC[C@H]4C3=O)nc2)c1. The molecular weight excluding hydrogens is 316 g/mol. The number of carbonyl (C=O) groups excluding carboxylic acids is 1. The average Bonchev–Trinajstić information content (AvgIpc) is 2.69. The molecular formula is C18H18N6O. The van der Waals surface area contributed by atoms with Crippen molar-refractivity contribution < 1.29 is 4.79 Å². The first-order chi connectivity index (χ1) is 12.3. The van der Waals surface area contributed by atoms with Gasteiger partial charge in [-0.2, -0.15) is 5.26 Å². The molecule has 1 amide bonds. The van der Waals surface area contributed by atoms with Crippen molar-refractivity contribution in [3.63, 3.8) is 0 Å². The van der Waals surface area contributed by atoms with Crippen LogP contribution in [0.2, 0.25) is 0 Å². The predicted molar refractivity (Wildman–Crippen MR) is 92.8 cm³/mol. The van der Waals surface area contributed by atoms with E-state index in [1.54, 1.807) is 29.4 Å². The van der Waals surface area contributed by atoms with E-state index in [0.717, 1.165) is 30.8 Å². The smallest absolute Gasteiger partial charge is 0.248 e. The Bertz CT molecular complexity index is 828. The maximum atomic E-state index is 12.7. The van der Waals surface area contributed by atoms with Gasteiger partial charge in [-0.3, -0.25) is 14.6 Å². The first-order valence-electron chi connectivity index (χ1n) is 8.35. The molecule has 0 bridgehead atoms. The van der Waals surface area contributed by atoms with E-state index in [2.05, 4.69) is 26.3 Å². The van der Waals surface area contributed by atoms with E-state index in [0.29, 0.717) is 24.6 Å². The summed E-state index contributed by atoms with van der Waals surface area (Å²) >= 11 is 0. The summed E-state index contributed by atoms with van der Waals surface area (Å²) in [5.74, 6) is 0.494. The van der Waals surface area contributed by atoms with Gasteiger partial charge in [0.15, 0.2) is 0 Å². The highest BCUT2D eigenvalue weighted by Crippen LogP contribution is 2.22. The highest BCUT2D eigenvalue weighted by molar-refractivity contribution is 5.96. The van der Waals surface area contributed by atoms with Crippen LogP contribution in [0.25, 0.3) is 11.1 Å². The molecule has 2 aromatic rings. The summed E-state index contributed by atoms with van der Waals surface area (Å²) in [6.07, 6.45) is 3.41. The van der Waals surface area contributed by atoms with Crippen LogP contribution in [0.3, 0.4) is 0 Å². The maximum absolute atomic E-state index is 12.7. The second-order valence-electron chi connectivity index (χ2n) is 6.21. The van der Waals surface area contributed by atoms with E-state index in [4.69, 9.17) is 5.26 Å². The van der Waals surface area contributed by atoms with Gasteiger partial charge in [0, 0.05) is 50.7 Å². The summed E-state index contributed by atoms with van der Waals surface area (Å²) in [6.45, 7) is 3.95. The number of fused-ring (bicyclic) bond motifs is 1. The lowest BCUT2D eigenvalue weighted by Gasteiger charge is -2.42. The number of benzene rings is 1. The molecule has 0 saturated carbocycles. The zero-order chi connectivity index (χ0) is 17.2. The number of nitrogens with one attached hydrogen (secondary N) is 1. The number of rotatable bonds is 2. The highest BCUT2D eigenvalue weighted by Gasteiger charge is 2.37. The van der Waals surface area contributed by atoms with Crippen LogP contribution in [0.4, 0.5) is 5.95 Å². The summed E-state index contributed by atoms with van der Waals surface area (Å²) in [4.78, 5) is 25.4. The van der Waals surface area contributed by atoms with Gasteiger partial charge in [0.05, 0.1) is 11.6 Å². The largest absolute Gasteiger partial charge is 0.313 e. The Morgan fingerprint density at radius 3 is 2.80 bits per heavy atom. The van der Waals surface area contributed by atoms with Crippen LogP contribution in [-0.2, 0) is 4.79 Å². The topological polar surface area (TPSA) is 85.2 Å². The van der Waals surface area contributed by atoms with Gasteiger partial charge in [0.1, 0.15) is 6.04 Å². The number of carbonyl (C=O) groups is 1. The van der Waals surface area contributed by atoms with Crippen LogP contribution in [-0.4, -0.2) is 59.5 Å². The molecule has 1 atom stereocenters. The highest BCUT2D eigenvalue weighted by atomic mass is 16.2. The van der Waals surface area contributed by atoms with Gasteiger partial charge in [-0.25, -0.2) is 9.97 Å². The fourth-order valence-corrected chi connectivity index (χ4v) is 3.35. The van der Waals surface area contributed by atoms with E-state index in [-0.39, 0.29) is 11.9 Å². The van der Waals surface area contributed by atoms with E-state index in [9.17, 15) is 4.79 Å². The molecule has 2 saturated heterocycles. The number of hydrogen-bond donors (Lipinski definition) is 1. The molecule has 2 fully saturated rings. The zero-order valence-corrected chi connectivity index (χ0v) is 13.7. The molecule has 7 heteroatoms. The fourth-order valence-electron chi connectivity index (χ4n) is 3.35. The van der Waals surface area contributed by atoms with Crippen molar-refractivity contribution >= 4 is 11.9 Å². The second kappa shape index (κ2) is 6.59. The Morgan fingerprint density at radius 1 is 1.16 bits per heavy atom. The lowest BCUT2D eigenvalue weighted by Crippen LogP contribution is -2.64. The molecule has 4 rings (SSSR count). The van der Waals surface area contributed by atoms with Crippen molar-refractivity contribution in [2.24, 2.45) is 0 Å². The summed E-state index contributed by atoms with van der Waals surface area (Å²) < 4.78 is 0. The summed E-state index contributed by atoms with van der Waals surface area (Å²) in [7, 11) is 0. The first-order valence-corrected chi connectivity index (χ1v) is 8.35. The molecule has 0 spiro atoms. The maximum Gasteiger partial charge on any atom is 0.248 e. The first kappa shape index (κ1) is 15.7. The average molecular weight is 334 g/mol. The normalized spacial score (nSPS) is 20.8. The minimum Gasteiger partial charge on any atom is -0.313 e. The third-order valence-corrected chi connectivity index (χ3v) is 4.72. The van der Waals surface area contributed by atoms with Gasteiger partial charge in [-0.1, -0.05) is 12.1 Å². The van der Waals surface area contributed by atoms with Crippen LogP contribution < -0.4 is 10.2 Å². The van der Waals surface area contributed by atoms with Crippen molar-refractivity contribution in [2.75, 3.05) is 37.6 Å². The van der Waals surface area contributed by atoms with Crippen molar-refractivity contribution in [1.82, 2.24) is 20.2 Å². The van der Waals surface area contributed by atoms with Crippen molar-refractivity contribution in [3.8, 4) is 17.2 Å². The molecule has 126 valence electrons. The molecule has 1 aromatic carbocycles. The number of piperazine rings is 2. The van der Waals surface area contributed by atoms with Gasteiger partial charge in [-0.15, -0.1) is 0 Å². The monoisotopic (exact) mass is 334 g/mol. The van der Waals surface area contributed by atoms with Gasteiger partial charge < -0.3 is 5.32 Å². The molecule has 0 unspecified atom stereocenters. The Morgan fingerprint density at radius 2 is 2.00 bits per heavy atom. The minimum atomic E-state index is -0.127. The number of aromatic nitrogens is 2. The number of nitrogens with zero attached hydrogens (tertiary/aromatic N) is 5. The summed E-state index contributed by atoms with van der Waals surface area (Å²) in [5.41, 5.74) is 2.31. The van der Waals surface area contributed by atoms with Crippen molar-refractivity contribution in [2.45, 2.75) is 6.04 Å². The van der Waals surface area contributed by atoms with E-state index >= 15 is 0 Å². The van der Waals surface area contributed by atoms with Crippen LogP contribution >= 0.6 is 0 Å². The Hall–Kier alpha value is -2.82. The number of amides is 1. The predicted octanol–water partition coefficient (Wildman–Crippen LogP) is 0.636. The Kier molecular flexibility index (Phi) is 4.14. The van der Waals surface area contributed by atoms with Gasteiger partial charge in [0.25, 0.3) is 0 Å². The van der Waals surface area contributed by atoms with Crippen molar-refractivity contribution in [1.29, 1.82) is 5.26 Å². The molecule has 25 heavy (non-hydrogen) atoms. The van der Waals surface area contributed by atoms with Gasteiger partial charge in [0.2, 0.25) is 11.9 Å². The molecule has 7 nitrogen and oxygen atoms in total. The van der Waals surface area contributed by atoms with E-state index < -0.39 is 0 Å². The van der Waals surface area contributed by atoms with Crippen molar-refractivity contribution in [3.05, 3.63) is 42.2 Å². The molecule has 2 aliphatic heterocycles.